The van der Waals surface area contributed by atoms with E-state index in [0.717, 1.165) is 22.6 Å². The van der Waals surface area contributed by atoms with Crippen LogP contribution in [0.5, 0.6) is 0 Å². The summed E-state index contributed by atoms with van der Waals surface area (Å²) in [6, 6.07) is 11.3. The molecular formula is C17H17ClN4O. The molecule has 0 spiro atoms. The summed E-state index contributed by atoms with van der Waals surface area (Å²) in [5.41, 5.74) is 2.54. The number of hydrogen-bond acceptors (Lipinski definition) is 3. The number of carbonyl (C=O) groups excluding carboxylic acids is 1. The largest absolute Gasteiger partial charge is 0.349 e. The molecule has 0 N–H and O–H groups in total. The Hall–Kier alpha value is -2.40. The van der Waals surface area contributed by atoms with Crippen molar-refractivity contribution in [1.29, 1.82) is 0 Å². The van der Waals surface area contributed by atoms with Crippen molar-refractivity contribution in [1.82, 2.24) is 19.4 Å². The third-order valence-corrected chi connectivity index (χ3v) is 3.91. The average Bonchev–Trinajstić information content (AvgIpc) is 2.91. The molecule has 118 valence electrons. The lowest BCUT2D eigenvalue weighted by Crippen LogP contribution is -2.23. The van der Waals surface area contributed by atoms with Gasteiger partial charge in [0.1, 0.15) is 11.3 Å². The highest BCUT2D eigenvalue weighted by atomic mass is 35.5. The molecule has 6 heteroatoms. The Bertz CT molecular complexity index is 839. The number of pyridine rings is 1. The molecule has 0 aliphatic heterocycles. The maximum Gasteiger partial charge on any atom is 0.223 e. The lowest BCUT2D eigenvalue weighted by molar-refractivity contribution is -0.128. The van der Waals surface area contributed by atoms with E-state index in [-0.39, 0.29) is 5.91 Å². The van der Waals surface area contributed by atoms with E-state index in [0.29, 0.717) is 18.0 Å². The third-order valence-electron chi connectivity index (χ3n) is 3.65. The molecule has 0 bridgehead atoms. The summed E-state index contributed by atoms with van der Waals surface area (Å²) in [5, 5.41) is 0.678. The molecule has 0 saturated heterocycles. The van der Waals surface area contributed by atoms with Crippen LogP contribution in [0.3, 0.4) is 0 Å². The van der Waals surface area contributed by atoms with Crippen LogP contribution in [0, 0.1) is 0 Å². The van der Waals surface area contributed by atoms with Gasteiger partial charge in [-0.2, -0.15) is 0 Å². The maximum atomic E-state index is 11.9. The summed E-state index contributed by atoms with van der Waals surface area (Å²) in [6.45, 7) is 0.530. The first-order chi connectivity index (χ1) is 11.1. The molecule has 0 aliphatic carbocycles. The Morgan fingerprint density at radius 2 is 1.96 bits per heavy atom. The van der Waals surface area contributed by atoms with Gasteiger partial charge in [0, 0.05) is 43.8 Å². The van der Waals surface area contributed by atoms with Crippen molar-refractivity contribution in [3.05, 3.63) is 47.6 Å². The number of benzene rings is 1. The molecule has 0 fully saturated rings. The molecule has 1 amide bonds. The van der Waals surface area contributed by atoms with E-state index in [4.69, 9.17) is 11.6 Å². The van der Waals surface area contributed by atoms with Crippen LogP contribution >= 0.6 is 11.6 Å². The number of rotatable bonds is 4. The fraction of sp³-hybridized carbons (Fsp3) is 0.235. The Morgan fingerprint density at radius 3 is 2.65 bits per heavy atom. The first-order valence-electron chi connectivity index (χ1n) is 7.33. The first kappa shape index (κ1) is 15.5. The van der Waals surface area contributed by atoms with Gasteiger partial charge in [-0.25, -0.2) is 9.97 Å². The van der Waals surface area contributed by atoms with Crippen molar-refractivity contribution in [2.24, 2.45) is 0 Å². The third kappa shape index (κ3) is 3.19. The maximum absolute atomic E-state index is 11.9. The van der Waals surface area contributed by atoms with Crippen molar-refractivity contribution in [3.8, 4) is 11.4 Å². The van der Waals surface area contributed by atoms with Gasteiger partial charge in [-0.1, -0.05) is 11.6 Å². The predicted molar refractivity (Wildman–Crippen MR) is 91.3 cm³/mol. The summed E-state index contributed by atoms with van der Waals surface area (Å²) in [7, 11) is 3.51. The zero-order chi connectivity index (χ0) is 16.4. The second-order valence-corrected chi connectivity index (χ2v) is 5.91. The van der Waals surface area contributed by atoms with Crippen LogP contribution in [0.1, 0.15) is 6.42 Å². The van der Waals surface area contributed by atoms with E-state index >= 15 is 0 Å². The number of nitrogens with zero attached hydrogens (tertiary/aromatic N) is 4. The Labute approximate surface area is 139 Å². The van der Waals surface area contributed by atoms with E-state index in [1.807, 2.05) is 41.0 Å². The summed E-state index contributed by atoms with van der Waals surface area (Å²) >= 11 is 5.97. The highest BCUT2D eigenvalue weighted by molar-refractivity contribution is 6.30. The van der Waals surface area contributed by atoms with Crippen molar-refractivity contribution >= 4 is 28.7 Å². The normalized spacial score (nSPS) is 10.9. The zero-order valence-electron chi connectivity index (χ0n) is 13.0. The Balaban J connectivity index is 2.04. The van der Waals surface area contributed by atoms with Crippen LogP contribution in [-0.4, -0.2) is 39.4 Å². The number of fused-ring (bicyclic) bond motifs is 1. The molecule has 0 radical (unpaired) electrons. The summed E-state index contributed by atoms with van der Waals surface area (Å²) in [4.78, 5) is 22.6. The minimum absolute atomic E-state index is 0.0739. The second-order valence-electron chi connectivity index (χ2n) is 5.48. The van der Waals surface area contributed by atoms with Crippen LogP contribution in [0.25, 0.3) is 22.6 Å². The fourth-order valence-corrected chi connectivity index (χ4v) is 2.55. The molecule has 2 heterocycles. The monoisotopic (exact) mass is 328 g/mol. The lowest BCUT2D eigenvalue weighted by Gasteiger charge is -2.12. The van der Waals surface area contributed by atoms with Gasteiger partial charge < -0.3 is 9.47 Å². The standard InChI is InChI=1S/C17H17ClN4O/c1-21(2)15(23)9-11-22-16(12-5-7-13(18)8-6-12)20-14-4-3-10-19-17(14)22/h3-8,10H,9,11H2,1-2H3. The topological polar surface area (TPSA) is 51.0 Å². The van der Waals surface area contributed by atoms with Crippen LogP contribution in [0.15, 0.2) is 42.6 Å². The molecule has 0 aliphatic rings. The van der Waals surface area contributed by atoms with Gasteiger partial charge in [0.2, 0.25) is 5.91 Å². The minimum Gasteiger partial charge on any atom is -0.349 e. The molecule has 2 aromatic heterocycles. The number of amides is 1. The molecule has 23 heavy (non-hydrogen) atoms. The lowest BCUT2D eigenvalue weighted by atomic mass is 10.2. The van der Waals surface area contributed by atoms with Crippen LogP contribution < -0.4 is 0 Å². The SMILES string of the molecule is CN(C)C(=O)CCn1c(-c2ccc(Cl)cc2)nc2cccnc21. The molecule has 3 rings (SSSR count). The van der Waals surface area contributed by atoms with Gasteiger partial charge in [0.25, 0.3) is 0 Å². The molecule has 0 saturated carbocycles. The predicted octanol–water partition coefficient (Wildman–Crippen LogP) is 3.23. The molecular weight excluding hydrogens is 312 g/mol. The number of halogens is 1. The zero-order valence-corrected chi connectivity index (χ0v) is 13.8. The quantitative estimate of drug-likeness (QED) is 0.739. The van der Waals surface area contributed by atoms with Gasteiger partial charge >= 0.3 is 0 Å². The van der Waals surface area contributed by atoms with Crippen LogP contribution in [0.2, 0.25) is 5.02 Å². The second kappa shape index (κ2) is 6.38. The van der Waals surface area contributed by atoms with Crippen molar-refractivity contribution in [2.45, 2.75) is 13.0 Å². The van der Waals surface area contributed by atoms with Crippen molar-refractivity contribution in [2.75, 3.05) is 14.1 Å². The molecule has 3 aromatic rings. The van der Waals surface area contributed by atoms with E-state index in [9.17, 15) is 4.79 Å². The van der Waals surface area contributed by atoms with E-state index in [1.165, 1.54) is 0 Å². The molecule has 1 aromatic carbocycles. The fourth-order valence-electron chi connectivity index (χ4n) is 2.42. The van der Waals surface area contributed by atoms with E-state index in [2.05, 4.69) is 9.97 Å². The number of hydrogen-bond donors (Lipinski definition) is 0. The van der Waals surface area contributed by atoms with Crippen LogP contribution in [0.4, 0.5) is 0 Å². The van der Waals surface area contributed by atoms with Crippen LogP contribution in [-0.2, 0) is 11.3 Å². The van der Waals surface area contributed by atoms with Gasteiger partial charge in [-0.15, -0.1) is 0 Å². The molecule has 0 unspecified atom stereocenters. The average molecular weight is 329 g/mol. The number of carbonyl (C=O) groups is 1. The highest BCUT2D eigenvalue weighted by Crippen LogP contribution is 2.25. The minimum atomic E-state index is 0.0739. The van der Waals surface area contributed by atoms with E-state index in [1.54, 1.807) is 25.2 Å². The van der Waals surface area contributed by atoms with Crippen molar-refractivity contribution in [3.63, 3.8) is 0 Å². The number of imidazole rings is 1. The Morgan fingerprint density at radius 1 is 1.22 bits per heavy atom. The summed E-state index contributed by atoms with van der Waals surface area (Å²) < 4.78 is 1.99. The van der Waals surface area contributed by atoms with Gasteiger partial charge in [0.05, 0.1) is 0 Å². The van der Waals surface area contributed by atoms with Gasteiger partial charge in [-0.3, -0.25) is 4.79 Å². The highest BCUT2D eigenvalue weighted by Gasteiger charge is 2.15. The molecule has 5 nitrogen and oxygen atoms in total. The van der Waals surface area contributed by atoms with Gasteiger partial charge in [0.15, 0.2) is 5.65 Å². The van der Waals surface area contributed by atoms with E-state index < -0.39 is 0 Å². The first-order valence-corrected chi connectivity index (χ1v) is 7.71. The van der Waals surface area contributed by atoms with Gasteiger partial charge in [-0.05, 0) is 36.4 Å². The number of aromatic nitrogens is 3. The number of aryl methyl sites for hydroxylation is 1. The summed E-state index contributed by atoms with van der Waals surface area (Å²) in [5.74, 6) is 0.867. The van der Waals surface area contributed by atoms with Crippen molar-refractivity contribution < 1.29 is 4.79 Å². The Kier molecular flexibility index (Phi) is 4.30. The molecule has 0 atom stereocenters. The summed E-state index contributed by atoms with van der Waals surface area (Å²) in [6.07, 6.45) is 2.13. The smallest absolute Gasteiger partial charge is 0.223 e.